The molecule has 1 saturated carbocycles. The fourth-order valence-corrected chi connectivity index (χ4v) is 6.80. The molecule has 0 radical (unpaired) electrons. The Bertz CT molecular complexity index is 863. The summed E-state index contributed by atoms with van der Waals surface area (Å²) in [4.78, 5) is -0.608. The van der Waals surface area contributed by atoms with Crippen molar-refractivity contribution in [3.8, 4) is 5.75 Å². The lowest BCUT2D eigenvalue weighted by molar-refractivity contribution is -0.275. The highest BCUT2D eigenvalue weighted by Crippen LogP contribution is 2.39. The second kappa shape index (κ2) is 6.13. The first-order chi connectivity index (χ1) is 11.5. The monoisotopic (exact) mass is 399 g/mol. The highest BCUT2D eigenvalue weighted by Gasteiger charge is 2.47. The van der Waals surface area contributed by atoms with Gasteiger partial charge in [-0.3, -0.25) is 0 Å². The highest BCUT2D eigenvalue weighted by molar-refractivity contribution is 7.92. The molecule has 0 bridgehead atoms. The van der Waals surface area contributed by atoms with Crippen molar-refractivity contribution in [3.63, 3.8) is 0 Å². The summed E-state index contributed by atoms with van der Waals surface area (Å²) in [6.45, 7) is 0. The summed E-state index contributed by atoms with van der Waals surface area (Å²) in [6.07, 6.45) is -3.79. The number of benzene rings is 1. The standard InChI is InChI=1S/C14H16F3NO5S2/c15-14(16,17)23-12-3-1-2-4-13(12)25(21,22)18(10-5-6-10)11-7-8-24(19,20)9-11/h1-4,10-11H,5-9H2/t11-/m1/s1. The van der Waals surface area contributed by atoms with Crippen LogP contribution < -0.4 is 4.74 Å². The van der Waals surface area contributed by atoms with Crippen LogP contribution in [-0.4, -0.2) is 51.1 Å². The maximum Gasteiger partial charge on any atom is 0.573 e. The molecule has 2 fully saturated rings. The lowest BCUT2D eigenvalue weighted by Crippen LogP contribution is -2.42. The van der Waals surface area contributed by atoms with Gasteiger partial charge in [0.2, 0.25) is 10.0 Å². The van der Waals surface area contributed by atoms with E-state index in [1.54, 1.807) is 0 Å². The van der Waals surface area contributed by atoms with Crippen LogP contribution >= 0.6 is 0 Å². The van der Waals surface area contributed by atoms with Gasteiger partial charge in [-0.05, 0) is 31.4 Å². The molecule has 1 atom stereocenters. The molecule has 0 N–H and O–H groups in total. The zero-order valence-corrected chi connectivity index (χ0v) is 14.6. The predicted molar refractivity (Wildman–Crippen MR) is 82.2 cm³/mol. The molecule has 1 aliphatic carbocycles. The Morgan fingerprint density at radius 3 is 2.24 bits per heavy atom. The van der Waals surface area contributed by atoms with Gasteiger partial charge in [0.25, 0.3) is 0 Å². The maximum absolute atomic E-state index is 13.0. The van der Waals surface area contributed by atoms with E-state index in [4.69, 9.17) is 0 Å². The third-order valence-electron chi connectivity index (χ3n) is 4.11. The van der Waals surface area contributed by atoms with Crippen LogP contribution in [0.1, 0.15) is 19.3 Å². The number of hydrogen-bond acceptors (Lipinski definition) is 5. The largest absolute Gasteiger partial charge is 0.573 e. The van der Waals surface area contributed by atoms with E-state index in [2.05, 4.69) is 4.74 Å². The van der Waals surface area contributed by atoms with E-state index in [-0.39, 0.29) is 24.0 Å². The van der Waals surface area contributed by atoms with Crippen molar-refractivity contribution in [2.24, 2.45) is 0 Å². The molecule has 25 heavy (non-hydrogen) atoms. The lowest BCUT2D eigenvalue weighted by Gasteiger charge is -2.28. The molecular weight excluding hydrogens is 383 g/mol. The number of alkyl halides is 3. The number of nitrogens with zero attached hydrogens (tertiary/aromatic N) is 1. The van der Waals surface area contributed by atoms with Crippen LogP contribution in [0.5, 0.6) is 5.75 Å². The van der Waals surface area contributed by atoms with E-state index in [1.165, 1.54) is 12.1 Å². The summed E-state index contributed by atoms with van der Waals surface area (Å²) in [6, 6.07) is 3.35. The molecule has 1 aromatic carbocycles. The van der Waals surface area contributed by atoms with E-state index >= 15 is 0 Å². The number of sulfone groups is 1. The van der Waals surface area contributed by atoms with Crippen LogP contribution in [0.3, 0.4) is 0 Å². The molecule has 0 spiro atoms. The van der Waals surface area contributed by atoms with E-state index in [0.29, 0.717) is 12.8 Å². The van der Waals surface area contributed by atoms with Crippen molar-refractivity contribution in [3.05, 3.63) is 24.3 Å². The first-order valence-corrected chi connectivity index (χ1v) is 10.8. The molecule has 6 nitrogen and oxygen atoms in total. The van der Waals surface area contributed by atoms with Crippen LogP contribution in [0, 0.1) is 0 Å². The van der Waals surface area contributed by atoms with E-state index in [1.807, 2.05) is 0 Å². The number of ether oxygens (including phenoxy) is 1. The minimum atomic E-state index is -5.03. The molecule has 0 amide bonds. The molecule has 2 aliphatic rings. The highest BCUT2D eigenvalue weighted by atomic mass is 32.2. The topological polar surface area (TPSA) is 80.8 Å². The average molecular weight is 399 g/mol. The molecule has 1 heterocycles. The molecule has 3 rings (SSSR count). The Labute approximate surface area is 143 Å². The third kappa shape index (κ3) is 4.09. The quantitative estimate of drug-likeness (QED) is 0.756. The molecule has 1 aliphatic heterocycles. The lowest BCUT2D eigenvalue weighted by atomic mass is 10.2. The predicted octanol–water partition coefficient (Wildman–Crippen LogP) is 1.93. The summed E-state index contributed by atoms with van der Waals surface area (Å²) >= 11 is 0. The van der Waals surface area contributed by atoms with Crippen LogP contribution in [0.25, 0.3) is 0 Å². The summed E-state index contributed by atoms with van der Waals surface area (Å²) in [5.41, 5.74) is 0. The normalized spacial score (nSPS) is 23.8. The number of rotatable bonds is 5. The van der Waals surface area contributed by atoms with Crippen LogP contribution in [0.15, 0.2) is 29.2 Å². The molecule has 11 heteroatoms. The van der Waals surface area contributed by atoms with Crippen LogP contribution in [0.4, 0.5) is 13.2 Å². The molecule has 1 aromatic rings. The Kier molecular flexibility index (Phi) is 4.53. The van der Waals surface area contributed by atoms with E-state index in [9.17, 15) is 30.0 Å². The van der Waals surface area contributed by atoms with Crippen molar-refractivity contribution in [1.29, 1.82) is 0 Å². The van der Waals surface area contributed by atoms with Gasteiger partial charge in [-0.2, -0.15) is 4.31 Å². The minimum Gasteiger partial charge on any atom is -0.404 e. The van der Waals surface area contributed by atoms with Gasteiger partial charge in [0.15, 0.2) is 9.84 Å². The average Bonchev–Trinajstić information content (AvgIpc) is 3.21. The van der Waals surface area contributed by atoms with Gasteiger partial charge in [-0.1, -0.05) is 12.1 Å². The molecule has 1 saturated heterocycles. The number of para-hydroxylation sites is 1. The van der Waals surface area contributed by atoms with Crippen LogP contribution in [0.2, 0.25) is 0 Å². The summed E-state index contributed by atoms with van der Waals surface area (Å²) in [5, 5.41) is 0. The number of halogens is 3. The van der Waals surface area contributed by atoms with Gasteiger partial charge in [-0.15, -0.1) is 13.2 Å². The second-order valence-electron chi connectivity index (χ2n) is 6.12. The molecule has 140 valence electrons. The number of hydrogen-bond donors (Lipinski definition) is 0. The van der Waals surface area contributed by atoms with Crippen molar-refractivity contribution < 1.29 is 34.7 Å². The fourth-order valence-electron chi connectivity index (χ4n) is 2.98. The Morgan fingerprint density at radius 1 is 1.08 bits per heavy atom. The third-order valence-corrected chi connectivity index (χ3v) is 7.90. The summed E-state index contributed by atoms with van der Waals surface area (Å²) in [7, 11) is -7.68. The van der Waals surface area contributed by atoms with E-state index < -0.39 is 42.9 Å². The molecule has 0 aromatic heterocycles. The Hall–Kier alpha value is -1.33. The van der Waals surface area contributed by atoms with Gasteiger partial charge in [0, 0.05) is 12.1 Å². The summed E-state index contributed by atoms with van der Waals surface area (Å²) < 4.78 is 92.1. The Morgan fingerprint density at radius 2 is 1.72 bits per heavy atom. The van der Waals surface area contributed by atoms with E-state index in [0.717, 1.165) is 16.4 Å². The second-order valence-corrected chi connectivity index (χ2v) is 10.2. The zero-order chi connectivity index (χ0) is 18.5. The molecule has 0 unspecified atom stereocenters. The minimum absolute atomic E-state index is 0.128. The smallest absolute Gasteiger partial charge is 0.404 e. The number of sulfonamides is 1. The van der Waals surface area contributed by atoms with Gasteiger partial charge in [0.1, 0.15) is 10.6 Å². The van der Waals surface area contributed by atoms with Crippen molar-refractivity contribution in [2.75, 3.05) is 11.5 Å². The van der Waals surface area contributed by atoms with Gasteiger partial charge in [-0.25, -0.2) is 16.8 Å². The van der Waals surface area contributed by atoms with Crippen molar-refractivity contribution in [1.82, 2.24) is 4.31 Å². The van der Waals surface area contributed by atoms with Gasteiger partial charge >= 0.3 is 6.36 Å². The zero-order valence-electron chi connectivity index (χ0n) is 12.9. The maximum atomic E-state index is 13.0. The first-order valence-electron chi connectivity index (χ1n) is 7.58. The van der Waals surface area contributed by atoms with Gasteiger partial charge in [0.05, 0.1) is 11.5 Å². The van der Waals surface area contributed by atoms with Crippen molar-refractivity contribution >= 4 is 19.9 Å². The molecular formula is C14H16F3NO5S2. The fraction of sp³-hybridized carbons (Fsp3) is 0.571. The SMILES string of the molecule is O=S1(=O)CC[C@@H](N(C2CC2)S(=O)(=O)c2ccccc2OC(F)(F)F)C1. The Balaban J connectivity index is 2.00. The van der Waals surface area contributed by atoms with Crippen LogP contribution in [-0.2, 0) is 19.9 Å². The van der Waals surface area contributed by atoms with Crippen molar-refractivity contribution in [2.45, 2.75) is 42.6 Å². The van der Waals surface area contributed by atoms with Gasteiger partial charge < -0.3 is 4.74 Å². The summed E-state index contributed by atoms with van der Waals surface area (Å²) in [5.74, 6) is -1.26. The first kappa shape index (κ1) is 18.5.